The lowest BCUT2D eigenvalue weighted by Gasteiger charge is -2.08. The standard InChI is InChI=1S/C18H14ClN3O3/c19-17-15(4-3-9-20-17)21-16(23)12-25-18(24)13-5-7-14(8-6-13)22-10-1-2-11-22/h1-11H,12H2,(H,21,23). The maximum Gasteiger partial charge on any atom is 0.338 e. The van der Waals surface area contributed by atoms with Crippen LogP contribution in [0.25, 0.3) is 5.69 Å². The fraction of sp³-hybridized carbons (Fsp3) is 0.0556. The highest BCUT2D eigenvalue weighted by atomic mass is 35.5. The summed E-state index contributed by atoms with van der Waals surface area (Å²) in [6.45, 7) is -0.413. The molecule has 0 bridgehead atoms. The lowest BCUT2D eigenvalue weighted by Crippen LogP contribution is -2.21. The van der Waals surface area contributed by atoms with Gasteiger partial charge in [0.25, 0.3) is 5.91 Å². The molecule has 126 valence electrons. The monoisotopic (exact) mass is 355 g/mol. The van der Waals surface area contributed by atoms with Gasteiger partial charge in [0, 0.05) is 24.3 Å². The third-order valence-corrected chi connectivity index (χ3v) is 3.67. The summed E-state index contributed by atoms with van der Waals surface area (Å²) in [6.07, 6.45) is 5.32. The van der Waals surface area contributed by atoms with Gasteiger partial charge in [-0.25, -0.2) is 9.78 Å². The largest absolute Gasteiger partial charge is 0.452 e. The first-order valence-corrected chi connectivity index (χ1v) is 7.82. The van der Waals surface area contributed by atoms with Crippen molar-refractivity contribution in [1.29, 1.82) is 0 Å². The fourth-order valence-corrected chi connectivity index (χ4v) is 2.32. The Kier molecular flexibility index (Phi) is 5.11. The van der Waals surface area contributed by atoms with Crippen molar-refractivity contribution < 1.29 is 14.3 Å². The van der Waals surface area contributed by atoms with Crippen molar-refractivity contribution in [3.8, 4) is 5.69 Å². The molecule has 0 fully saturated rings. The first-order chi connectivity index (χ1) is 12.1. The van der Waals surface area contributed by atoms with Crippen LogP contribution in [0, 0.1) is 0 Å². The predicted molar refractivity (Wildman–Crippen MR) is 93.9 cm³/mol. The molecular formula is C18H14ClN3O3. The van der Waals surface area contributed by atoms with Crippen LogP contribution in [0.3, 0.4) is 0 Å². The smallest absolute Gasteiger partial charge is 0.338 e. The number of anilines is 1. The van der Waals surface area contributed by atoms with E-state index in [1.165, 1.54) is 6.20 Å². The van der Waals surface area contributed by atoms with Crippen molar-refractivity contribution in [3.63, 3.8) is 0 Å². The molecule has 0 atom stereocenters. The van der Waals surface area contributed by atoms with Crippen LogP contribution in [-0.4, -0.2) is 28.0 Å². The highest BCUT2D eigenvalue weighted by molar-refractivity contribution is 6.32. The van der Waals surface area contributed by atoms with Gasteiger partial charge in [-0.3, -0.25) is 4.79 Å². The van der Waals surface area contributed by atoms with Crippen LogP contribution in [0.2, 0.25) is 5.15 Å². The molecular weight excluding hydrogens is 342 g/mol. The number of carbonyl (C=O) groups is 2. The van der Waals surface area contributed by atoms with Crippen molar-refractivity contribution in [2.75, 3.05) is 11.9 Å². The molecule has 3 rings (SSSR count). The molecule has 0 saturated heterocycles. The van der Waals surface area contributed by atoms with Gasteiger partial charge in [0.2, 0.25) is 0 Å². The van der Waals surface area contributed by atoms with E-state index in [4.69, 9.17) is 16.3 Å². The van der Waals surface area contributed by atoms with Crippen molar-refractivity contribution in [2.24, 2.45) is 0 Å². The maximum atomic E-state index is 12.0. The minimum Gasteiger partial charge on any atom is -0.452 e. The zero-order valence-corrected chi connectivity index (χ0v) is 13.8. The van der Waals surface area contributed by atoms with Gasteiger partial charge in [-0.05, 0) is 48.5 Å². The molecule has 0 unspecified atom stereocenters. The van der Waals surface area contributed by atoms with Crippen molar-refractivity contribution in [3.05, 3.63) is 77.8 Å². The van der Waals surface area contributed by atoms with Gasteiger partial charge in [-0.2, -0.15) is 0 Å². The second-order valence-corrected chi connectivity index (χ2v) is 5.46. The van der Waals surface area contributed by atoms with E-state index in [2.05, 4.69) is 10.3 Å². The quantitative estimate of drug-likeness (QED) is 0.563. The molecule has 0 aliphatic heterocycles. The minimum atomic E-state index is -0.577. The molecule has 0 spiro atoms. The third kappa shape index (κ3) is 4.24. The van der Waals surface area contributed by atoms with Gasteiger partial charge in [-0.15, -0.1) is 0 Å². The average Bonchev–Trinajstić information content (AvgIpc) is 3.16. The normalized spacial score (nSPS) is 10.3. The summed E-state index contributed by atoms with van der Waals surface area (Å²) in [6, 6.07) is 14.0. The van der Waals surface area contributed by atoms with Crippen LogP contribution < -0.4 is 5.32 Å². The summed E-state index contributed by atoms with van der Waals surface area (Å²) in [4.78, 5) is 27.7. The highest BCUT2D eigenvalue weighted by Crippen LogP contribution is 2.17. The molecule has 1 N–H and O–H groups in total. The maximum absolute atomic E-state index is 12.0. The summed E-state index contributed by atoms with van der Waals surface area (Å²) in [5.41, 5.74) is 1.65. The van der Waals surface area contributed by atoms with Gasteiger partial charge in [-0.1, -0.05) is 11.6 Å². The number of hydrogen-bond donors (Lipinski definition) is 1. The number of hydrogen-bond acceptors (Lipinski definition) is 4. The van der Waals surface area contributed by atoms with E-state index in [9.17, 15) is 9.59 Å². The van der Waals surface area contributed by atoms with E-state index < -0.39 is 18.5 Å². The van der Waals surface area contributed by atoms with Crippen LogP contribution in [0.1, 0.15) is 10.4 Å². The minimum absolute atomic E-state index is 0.169. The summed E-state index contributed by atoms with van der Waals surface area (Å²) in [5.74, 6) is -1.07. The Hall–Kier alpha value is -3.12. The Bertz CT molecular complexity index is 877. The second-order valence-electron chi connectivity index (χ2n) is 5.10. The Morgan fingerprint density at radius 1 is 1.08 bits per heavy atom. The third-order valence-electron chi connectivity index (χ3n) is 3.37. The van der Waals surface area contributed by atoms with E-state index >= 15 is 0 Å². The number of nitrogens with one attached hydrogen (secondary N) is 1. The molecule has 2 heterocycles. The lowest BCUT2D eigenvalue weighted by atomic mass is 10.2. The van der Waals surface area contributed by atoms with Gasteiger partial charge in [0.15, 0.2) is 11.8 Å². The Morgan fingerprint density at radius 2 is 1.80 bits per heavy atom. The number of benzene rings is 1. The number of nitrogens with zero attached hydrogens (tertiary/aromatic N) is 2. The van der Waals surface area contributed by atoms with E-state index in [1.54, 1.807) is 36.4 Å². The Morgan fingerprint density at radius 3 is 2.48 bits per heavy atom. The van der Waals surface area contributed by atoms with Crippen LogP contribution in [0.15, 0.2) is 67.1 Å². The number of halogens is 1. The topological polar surface area (TPSA) is 73.2 Å². The summed E-state index contributed by atoms with van der Waals surface area (Å²) in [7, 11) is 0. The molecule has 0 aliphatic carbocycles. The Balaban J connectivity index is 1.55. The summed E-state index contributed by atoms with van der Waals surface area (Å²) < 4.78 is 6.93. The summed E-state index contributed by atoms with van der Waals surface area (Å²) in [5, 5.41) is 2.70. The van der Waals surface area contributed by atoms with Crippen LogP contribution in [0.5, 0.6) is 0 Å². The summed E-state index contributed by atoms with van der Waals surface area (Å²) >= 11 is 5.85. The van der Waals surface area contributed by atoms with Gasteiger partial charge >= 0.3 is 5.97 Å². The van der Waals surface area contributed by atoms with Crippen LogP contribution in [0.4, 0.5) is 5.69 Å². The van der Waals surface area contributed by atoms with E-state index in [-0.39, 0.29) is 5.15 Å². The predicted octanol–water partition coefficient (Wildman–Crippen LogP) is 3.32. The number of ether oxygens (including phenoxy) is 1. The molecule has 1 aromatic carbocycles. The van der Waals surface area contributed by atoms with E-state index in [1.807, 2.05) is 29.1 Å². The van der Waals surface area contributed by atoms with Gasteiger partial charge in [0.05, 0.1) is 11.3 Å². The molecule has 6 nitrogen and oxygen atoms in total. The first kappa shape index (κ1) is 16.7. The van der Waals surface area contributed by atoms with E-state index in [0.717, 1.165) is 5.69 Å². The zero-order valence-electron chi connectivity index (χ0n) is 13.1. The SMILES string of the molecule is O=C(COC(=O)c1ccc(-n2cccc2)cc1)Nc1cccnc1Cl. The molecule has 25 heavy (non-hydrogen) atoms. The number of aromatic nitrogens is 2. The molecule has 0 aliphatic rings. The fourth-order valence-electron chi connectivity index (χ4n) is 2.16. The molecule has 1 amide bonds. The number of pyridine rings is 1. The van der Waals surface area contributed by atoms with Gasteiger partial charge < -0.3 is 14.6 Å². The first-order valence-electron chi connectivity index (χ1n) is 7.44. The number of esters is 1. The number of rotatable bonds is 5. The van der Waals surface area contributed by atoms with Crippen LogP contribution >= 0.6 is 11.6 Å². The van der Waals surface area contributed by atoms with Gasteiger partial charge in [0.1, 0.15) is 0 Å². The number of carbonyl (C=O) groups excluding carboxylic acids is 2. The molecule has 0 saturated carbocycles. The van der Waals surface area contributed by atoms with Crippen LogP contribution in [-0.2, 0) is 9.53 Å². The molecule has 2 aromatic heterocycles. The average molecular weight is 356 g/mol. The second kappa shape index (κ2) is 7.63. The van der Waals surface area contributed by atoms with Crippen molar-refractivity contribution >= 4 is 29.2 Å². The highest BCUT2D eigenvalue weighted by Gasteiger charge is 2.11. The van der Waals surface area contributed by atoms with E-state index in [0.29, 0.717) is 11.3 Å². The lowest BCUT2D eigenvalue weighted by molar-refractivity contribution is -0.119. The molecule has 3 aromatic rings. The molecule has 0 radical (unpaired) electrons. The Labute approximate surface area is 149 Å². The van der Waals surface area contributed by atoms with Crippen molar-refractivity contribution in [1.82, 2.24) is 9.55 Å². The zero-order chi connectivity index (χ0) is 17.6. The van der Waals surface area contributed by atoms with Crippen molar-refractivity contribution in [2.45, 2.75) is 0 Å². The number of amides is 1. The molecule has 7 heteroatoms.